The van der Waals surface area contributed by atoms with Gasteiger partial charge in [0.05, 0.1) is 23.0 Å². The van der Waals surface area contributed by atoms with E-state index in [1.807, 2.05) is 0 Å². The molecule has 1 amide bonds. The van der Waals surface area contributed by atoms with Crippen molar-refractivity contribution in [2.24, 2.45) is 0 Å². The minimum absolute atomic E-state index is 0.0191. The van der Waals surface area contributed by atoms with Gasteiger partial charge in [-0.15, -0.1) is 11.3 Å². The van der Waals surface area contributed by atoms with E-state index in [-0.39, 0.29) is 25.7 Å². The largest absolute Gasteiger partial charge is 0.465 e. The van der Waals surface area contributed by atoms with Crippen LogP contribution in [0.1, 0.15) is 27.9 Å². The van der Waals surface area contributed by atoms with Crippen LogP contribution in [0.25, 0.3) is 0 Å². The lowest BCUT2D eigenvalue weighted by molar-refractivity contribution is -0.141. The van der Waals surface area contributed by atoms with Crippen molar-refractivity contribution in [2.75, 3.05) is 19.8 Å². The molecule has 5 nitrogen and oxygen atoms in total. The van der Waals surface area contributed by atoms with Gasteiger partial charge in [0.15, 0.2) is 0 Å². The Morgan fingerprint density at radius 1 is 1.47 bits per heavy atom. The molecule has 1 aromatic heterocycles. The number of amides is 1. The number of aliphatic hydroxyl groups excluding tert-OH is 1. The molecule has 0 bridgehead atoms. The summed E-state index contributed by atoms with van der Waals surface area (Å²) in [4.78, 5) is 24.0. The zero-order valence-corrected chi connectivity index (χ0v) is 11.4. The highest BCUT2D eigenvalue weighted by molar-refractivity contribution is 7.14. The van der Waals surface area contributed by atoms with Crippen LogP contribution in [-0.2, 0) is 9.53 Å². The number of carbonyl (C=O) groups is 2. The summed E-state index contributed by atoms with van der Waals surface area (Å²) in [5.41, 5.74) is 0. The molecule has 0 saturated heterocycles. The second-order valence-electron chi connectivity index (χ2n) is 3.43. The molecule has 1 aromatic rings. The summed E-state index contributed by atoms with van der Waals surface area (Å²) in [6.45, 7) is 1.87. The molecule has 1 rings (SSSR count). The number of nitrogens with one attached hydrogen (secondary N) is 1. The van der Waals surface area contributed by atoms with Gasteiger partial charge in [-0.1, -0.05) is 11.8 Å². The summed E-state index contributed by atoms with van der Waals surface area (Å²) in [6, 6.07) is 3.38. The Morgan fingerprint density at radius 3 is 2.95 bits per heavy atom. The summed E-state index contributed by atoms with van der Waals surface area (Å²) < 4.78 is 4.70. The predicted octanol–water partition coefficient (Wildman–Crippen LogP) is 0.775. The third-order valence-electron chi connectivity index (χ3n) is 1.98. The van der Waals surface area contributed by atoms with Crippen molar-refractivity contribution in [3.05, 3.63) is 21.9 Å². The fourth-order valence-electron chi connectivity index (χ4n) is 1.18. The predicted molar refractivity (Wildman–Crippen MR) is 71.9 cm³/mol. The zero-order chi connectivity index (χ0) is 14.1. The molecule has 0 radical (unpaired) electrons. The van der Waals surface area contributed by atoms with Crippen molar-refractivity contribution in [3.63, 3.8) is 0 Å². The normalized spacial score (nSPS) is 9.37. The van der Waals surface area contributed by atoms with Crippen molar-refractivity contribution < 1.29 is 19.4 Å². The molecule has 0 aliphatic rings. The number of rotatable bonds is 5. The van der Waals surface area contributed by atoms with Crippen molar-refractivity contribution in [2.45, 2.75) is 13.3 Å². The molecule has 0 fully saturated rings. The highest BCUT2D eigenvalue weighted by Crippen LogP contribution is 2.15. The van der Waals surface area contributed by atoms with Crippen LogP contribution in [0.2, 0.25) is 0 Å². The minimum Gasteiger partial charge on any atom is -0.465 e. The van der Waals surface area contributed by atoms with Gasteiger partial charge in [0.25, 0.3) is 5.91 Å². The molecule has 0 aliphatic heterocycles. The first kappa shape index (κ1) is 15.2. The van der Waals surface area contributed by atoms with E-state index in [4.69, 9.17) is 9.84 Å². The van der Waals surface area contributed by atoms with Crippen LogP contribution in [0.15, 0.2) is 12.1 Å². The number of esters is 1. The van der Waals surface area contributed by atoms with Gasteiger partial charge in [-0.25, -0.2) is 0 Å². The van der Waals surface area contributed by atoms with E-state index in [0.29, 0.717) is 11.3 Å². The van der Waals surface area contributed by atoms with Crippen LogP contribution >= 0.6 is 11.3 Å². The third-order valence-corrected chi connectivity index (χ3v) is 2.98. The highest BCUT2D eigenvalue weighted by Gasteiger charge is 2.10. The molecule has 6 heteroatoms. The first-order chi connectivity index (χ1) is 9.17. The summed E-state index contributed by atoms with van der Waals surface area (Å²) in [6.07, 6.45) is 0.405. The van der Waals surface area contributed by atoms with Gasteiger partial charge in [-0.3, -0.25) is 9.59 Å². The number of ether oxygens (including phenoxy) is 1. The van der Waals surface area contributed by atoms with Crippen molar-refractivity contribution >= 4 is 23.2 Å². The average Bonchev–Trinajstić information content (AvgIpc) is 2.85. The zero-order valence-electron chi connectivity index (χ0n) is 10.6. The van der Waals surface area contributed by atoms with E-state index in [1.54, 1.807) is 19.1 Å². The Hall–Kier alpha value is -1.84. The van der Waals surface area contributed by atoms with Gasteiger partial charge in [-0.2, -0.15) is 0 Å². The Labute approximate surface area is 115 Å². The topological polar surface area (TPSA) is 75.6 Å². The summed E-state index contributed by atoms with van der Waals surface area (Å²) in [5.74, 6) is 4.83. The Bertz CT molecular complexity index is 498. The lowest BCUT2D eigenvalue weighted by atomic mass is 10.4. The Kier molecular flexibility index (Phi) is 6.64. The first-order valence-corrected chi connectivity index (χ1v) is 6.62. The molecular formula is C13H15NO4S. The lowest BCUT2D eigenvalue weighted by Crippen LogP contribution is -2.30. The molecule has 0 atom stereocenters. The fraction of sp³-hybridized carbons (Fsp3) is 0.385. The molecule has 19 heavy (non-hydrogen) atoms. The highest BCUT2D eigenvalue weighted by atomic mass is 32.1. The minimum atomic E-state index is -0.463. The van der Waals surface area contributed by atoms with E-state index < -0.39 is 5.97 Å². The maximum atomic E-state index is 11.7. The van der Waals surface area contributed by atoms with Crippen molar-refractivity contribution in [3.8, 4) is 11.8 Å². The molecule has 2 N–H and O–H groups in total. The van der Waals surface area contributed by atoms with E-state index in [2.05, 4.69) is 17.2 Å². The molecular weight excluding hydrogens is 266 g/mol. The smallest absolute Gasteiger partial charge is 0.325 e. The van der Waals surface area contributed by atoms with Gasteiger partial charge >= 0.3 is 5.97 Å². The lowest BCUT2D eigenvalue weighted by Gasteiger charge is -2.02. The van der Waals surface area contributed by atoms with Crippen LogP contribution in [0, 0.1) is 11.8 Å². The van der Waals surface area contributed by atoms with Crippen LogP contribution in [0.5, 0.6) is 0 Å². The summed E-state index contributed by atoms with van der Waals surface area (Å²) in [5, 5.41) is 11.1. The SMILES string of the molecule is CCOC(=O)CNC(=O)c1ccc(C#CCCO)s1. The van der Waals surface area contributed by atoms with Gasteiger partial charge in [0.1, 0.15) is 6.54 Å². The maximum absolute atomic E-state index is 11.7. The quantitative estimate of drug-likeness (QED) is 0.617. The van der Waals surface area contributed by atoms with E-state index in [1.165, 1.54) is 11.3 Å². The second-order valence-corrected chi connectivity index (χ2v) is 4.51. The van der Waals surface area contributed by atoms with Crippen molar-refractivity contribution in [1.82, 2.24) is 5.32 Å². The van der Waals surface area contributed by atoms with Gasteiger partial charge in [-0.05, 0) is 19.1 Å². The third kappa shape index (κ3) is 5.55. The van der Waals surface area contributed by atoms with Crippen LogP contribution in [-0.4, -0.2) is 36.7 Å². The van der Waals surface area contributed by atoms with Crippen LogP contribution in [0.4, 0.5) is 0 Å². The van der Waals surface area contributed by atoms with Gasteiger partial charge in [0, 0.05) is 6.42 Å². The number of hydrogen-bond donors (Lipinski definition) is 2. The fourth-order valence-corrected chi connectivity index (χ4v) is 1.98. The summed E-state index contributed by atoms with van der Waals surface area (Å²) in [7, 11) is 0. The standard InChI is InChI=1S/C13H15NO4S/c1-2-18-12(16)9-14-13(17)11-7-6-10(19-11)5-3-4-8-15/h6-7,15H,2,4,8-9H2,1H3,(H,14,17). The summed E-state index contributed by atoms with van der Waals surface area (Å²) >= 11 is 1.24. The molecule has 0 saturated carbocycles. The molecule has 0 spiro atoms. The number of thiophene rings is 1. The van der Waals surface area contributed by atoms with E-state index in [9.17, 15) is 9.59 Å². The monoisotopic (exact) mass is 281 g/mol. The van der Waals surface area contributed by atoms with Gasteiger partial charge in [0.2, 0.25) is 0 Å². The Morgan fingerprint density at radius 2 is 2.26 bits per heavy atom. The number of carbonyl (C=O) groups excluding carboxylic acids is 2. The molecule has 0 unspecified atom stereocenters. The van der Waals surface area contributed by atoms with Crippen molar-refractivity contribution in [1.29, 1.82) is 0 Å². The molecule has 0 aliphatic carbocycles. The van der Waals surface area contributed by atoms with Gasteiger partial charge < -0.3 is 15.2 Å². The average molecular weight is 281 g/mol. The number of aliphatic hydroxyl groups is 1. The van der Waals surface area contributed by atoms with E-state index in [0.717, 1.165) is 4.88 Å². The first-order valence-electron chi connectivity index (χ1n) is 5.80. The number of hydrogen-bond acceptors (Lipinski definition) is 5. The molecule has 102 valence electrons. The second kappa shape index (κ2) is 8.29. The Balaban J connectivity index is 2.50. The maximum Gasteiger partial charge on any atom is 0.325 e. The molecule has 0 aromatic carbocycles. The molecule has 1 heterocycles. The van der Waals surface area contributed by atoms with Crippen LogP contribution < -0.4 is 5.32 Å². The van der Waals surface area contributed by atoms with Crippen LogP contribution in [0.3, 0.4) is 0 Å². The van der Waals surface area contributed by atoms with E-state index >= 15 is 0 Å².